The van der Waals surface area contributed by atoms with Crippen LogP contribution in [0.5, 0.6) is 0 Å². The third kappa shape index (κ3) is 4.21. The van der Waals surface area contributed by atoms with E-state index in [1.807, 2.05) is 23.9 Å². The zero-order valence-electron chi connectivity index (χ0n) is 13.6. The second-order valence-corrected chi connectivity index (χ2v) is 8.62. The summed E-state index contributed by atoms with van der Waals surface area (Å²) < 4.78 is 6.11. The van der Waals surface area contributed by atoms with Gasteiger partial charge >= 0.3 is 0 Å². The van der Waals surface area contributed by atoms with E-state index in [9.17, 15) is 4.79 Å². The molecular weight excluding hydrogens is 332 g/mol. The minimum atomic E-state index is 0.0360. The number of carbonyl (C=O) groups is 1. The number of amides is 1. The molecule has 0 N–H and O–H groups in total. The molecule has 1 aromatic carbocycles. The Balaban J connectivity index is 1.42. The van der Waals surface area contributed by atoms with Crippen molar-refractivity contribution < 1.29 is 9.53 Å². The number of benzene rings is 1. The van der Waals surface area contributed by atoms with Gasteiger partial charge < -0.3 is 9.64 Å². The van der Waals surface area contributed by atoms with Gasteiger partial charge in [0.2, 0.25) is 5.91 Å². The number of thioether (sulfide) groups is 1. The zero-order chi connectivity index (χ0) is 16.4. The molecule has 6 heteroatoms. The third-order valence-corrected chi connectivity index (χ3v) is 6.29. The maximum absolute atomic E-state index is 11.6. The minimum absolute atomic E-state index is 0.0360. The average Bonchev–Trinajstić information content (AvgIpc) is 2.91. The number of hydrogen-bond donors (Lipinski definition) is 0. The highest BCUT2D eigenvalue weighted by molar-refractivity contribution is 8.01. The number of nitrogens with zero attached hydrogens (tertiary/aromatic N) is 2. The molecule has 2 saturated heterocycles. The molecule has 126 valence electrons. The molecule has 1 amide bonds. The lowest BCUT2D eigenvalue weighted by molar-refractivity contribution is -0.135. The van der Waals surface area contributed by atoms with Gasteiger partial charge in [0.25, 0.3) is 0 Å². The molecule has 0 saturated carbocycles. The van der Waals surface area contributed by atoms with Crippen molar-refractivity contribution in [2.24, 2.45) is 0 Å². The van der Waals surface area contributed by atoms with Gasteiger partial charge in [0.05, 0.1) is 6.10 Å². The average molecular weight is 355 g/mol. The second-order valence-electron chi connectivity index (χ2n) is 6.69. The molecular formula is C17H23ClN2O2S. The summed E-state index contributed by atoms with van der Waals surface area (Å²) in [5.74, 6) is 1.03. The number of likely N-dealkylation sites (tertiary alicyclic amines) is 1. The smallest absolute Gasteiger partial charge is 0.248 e. The molecule has 1 aromatic rings. The molecule has 2 fully saturated rings. The van der Waals surface area contributed by atoms with Crippen molar-refractivity contribution in [3.63, 3.8) is 0 Å². The molecule has 3 rings (SSSR count). The van der Waals surface area contributed by atoms with Crippen LogP contribution in [0, 0.1) is 0 Å². The van der Waals surface area contributed by atoms with E-state index in [-0.39, 0.29) is 18.6 Å². The van der Waals surface area contributed by atoms with Crippen LogP contribution < -0.4 is 0 Å². The maximum atomic E-state index is 11.6. The first-order valence-corrected chi connectivity index (χ1v) is 9.25. The van der Waals surface area contributed by atoms with Gasteiger partial charge in [-0.05, 0) is 24.1 Å². The normalized spacial score (nSPS) is 23.0. The second kappa shape index (κ2) is 7.01. The van der Waals surface area contributed by atoms with Crippen LogP contribution in [0.2, 0.25) is 5.02 Å². The van der Waals surface area contributed by atoms with Crippen LogP contribution >= 0.6 is 23.4 Å². The van der Waals surface area contributed by atoms with Crippen molar-refractivity contribution in [3.8, 4) is 0 Å². The monoisotopic (exact) mass is 354 g/mol. The first-order valence-electron chi connectivity index (χ1n) is 7.88. The predicted octanol–water partition coefficient (Wildman–Crippen LogP) is 2.50. The number of rotatable bonds is 5. The highest BCUT2D eigenvalue weighted by Crippen LogP contribution is 2.46. The standard InChI is InChI=1S/C17H23ClN2O2S/c1-19(2)16(21)9-22-15-7-17(23-10-15)11-20(12-17)8-13-3-5-14(18)6-4-13/h3-6,15H,7-12H2,1-2H3/t15-/m0/s1. The van der Waals surface area contributed by atoms with E-state index in [1.54, 1.807) is 19.0 Å². The fraction of sp³-hybridized carbons (Fsp3) is 0.588. The van der Waals surface area contributed by atoms with E-state index in [0.29, 0.717) is 4.75 Å². The van der Waals surface area contributed by atoms with Gasteiger partial charge in [0, 0.05) is 49.3 Å². The number of halogens is 1. The fourth-order valence-corrected chi connectivity index (χ4v) is 4.91. The molecule has 0 aromatic heterocycles. The van der Waals surface area contributed by atoms with Crippen LogP contribution in [0.15, 0.2) is 24.3 Å². The minimum Gasteiger partial charge on any atom is -0.367 e. The van der Waals surface area contributed by atoms with Crippen LogP contribution in [-0.4, -0.2) is 66.1 Å². The van der Waals surface area contributed by atoms with Crippen LogP contribution in [0.25, 0.3) is 0 Å². The lowest BCUT2D eigenvalue weighted by Crippen LogP contribution is -2.58. The summed E-state index contributed by atoms with van der Waals surface area (Å²) in [7, 11) is 3.52. The topological polar surface area (TPSA) is 32.8 Å². The summed E-state index contributed by atoms with van der Waals surface area (Å²) >= 11 is 7.93. The Hall–Kier alpha value is -0.750. The molecule has 23 heavy (non-hydrogen) atoms. The molecule has 0 radical (unpaired) electrons. The Morgan fingerprint density at radius 2 is 2.09 bits per heavy atom. The van der Waals surface area contributed by atoms with Crippen molar-refractivity contribution in [2.75, 3.05) is 39.5 Å². The quantitative estimate of drug-likeness (QED) is 0.813. The summed E-state index contributed by atoms with van der Waals surface area (Å²) in [4.78, 5) is 15.6. The van der Waals surface area contributed by atoms with Crippen molar-refractivity contribution in [2.45, 2.75) is 23.8 Å². The molecule has 1 atom stereocenters. The highest BCUT2D eigenvalue weighted by atomic mass is 35.5. The van der Waals surface area contributed by atoms with Crippen molar-refractivity contribution in [1.29, 1.82) is 0 Å². The summed E-state index contributed by atoms with van der Waals surface area (Å²) in [6.07, 6.45) is 1.26. The number of likely N-dealkylation sites (N-methyl/N-ethyl adjacent to an activating group) is 1. The number of ether oxygens (including phenoxy) is 1. The largest absolute Gasteiger partial charge is 0.367 e. The molecule has 0 aliphatic carbocycles. The van der Waals surface area contributed by atoms with E-state index < -0.39 is 0 Å². The SMILES string of the molecule is CN(C)C(=O)CO[C@@H]1CSC2(C1)CN(Cc1ccc(Cl)cc1)C2. The lowest BCUT2D eigenvalue weighted by atomic mass is 9.92. The van der Waals surface area contributed by atoms with E-state index in [4.69, 9.17) is 16.3 Å². The van der Waals surface area contributed by atoms with Crippen molar-refractivity contribution >= 4 is 29.3 Å². The van der Waals surface area contributed by atoms with Gasteiger partial charge in [-0.1, -0.05) is 23.7 Å². The van der Waals surface area contributed by atoms with E-state index in [1.165, 1.54) is 5.56 Å². The summed E-state index contributed by atoms with van der Waals surface area (Å²) in [6, 6.07) is 8.08. The highest BCUT2D eigenvalue weighted by Gasteiger charge is 2.49. The first-order chi connectivity index (χ1) is 11.0. The summed E-state index contributed by atoms with van der Waals surface area (Å²) in [6.45, 7) is 3.37. The van der Waals surface area contributed by atoms with Crippen molar-refractivity contribution in [1.82, 2.24) is 9.80 Å². The Morgan fingerprint density at radius 1 is 1.39 bits per heavy atom. The summed E-state index contributed by atoms with van der Waals surface area (Å²) in [5, 5.41) is 0.785. The van der Waals surface area contributed by atoms with Gasteiger partial charge in [-0.15, -0.1) is 11.8 Å². The molecule has 0 unspecified atom stereocenters. The van der Waals surface area contributed by atoms with Gasteiger partial charge in [-0.2, -0.15) is 0 Å². The molecule has 2 aliphatic heterocycles. The first kappa shape index (κ1) is 17.1. The molecule has 2 aliphatic rings. The Morgan fingerprint density at radius 3 is 2.74 bits per heavy atom. The number of hydrogen-bond acceptors (Lipinski definition) is 4. The van der Waals surface area contributed by atoms with E-state index in [2.05, 4.69) is 17.0 Å². The summed E-state index contributed by atoms with van der Waals surface area (Å²) in [5.41, 5.74) is 1.30. The molecule has 4 nitrogen and oxygen atoms in total. The van der Waals surface area contributed by atoms with E-state index in [0.717, 1.165) is 36.8 Å². The number of carbonyl (C=O) groups excluding carboxylic acids is 1. The van der Waals surface area contributed by atoms with Crippen LogP contribution in [-0.2, 0) is 16.1 Å². The zero-order valence-corrected chi connectivity index (χ0v) is 15.2. The van der Waals surface area contributed by atoms with Crippen LogP contribution in [0.1, 0.15) is 12.0 Å². The fourth-order valence-electron chi connectivity index (χ4n) is 3.18. The van der Waals surface area contributed by atoms with Crippen molar-refractivity contribution in [3.05, 3.63) is 34.9 Å². The Kier molecular flexibility index (Phi) is 5.21. The van der Waals surface area contributed by atoms with Gasteiger partial charge in [-0.25, -0.2) is 0 Å². The van der Waals surface area contributed by atoms with Crippen LogP contribution in [0.3, 0.4) is 0 Å². The lowest BCUT2D eigenvalue weighted by Gasteiger charge is -2.47. The van der Waals surface area contributed by atoms with Crippen LogP contribution in [0.4, 0.5) is 0 Å². The maximum Gasteiger partial charge on any atom is 0.248 e. The van der Waals surface area contributed by atoms with Gasteiger partial charge in [-0.3, -0.25) is 9.69 Å². The Bertz CT molecular complexity index is 558. The Labute approximate surface area is 147 Å². The molecule has 0 bridgehead atoms. The predicted molar refractivity (Wildman–Crippen MR) is 95.0 cm³/mol. The third-order valence-electron chi connectivity index (χ3n) is 4.46. The van der Waals surface area contributed by atoms with Gasteiger partial charge in [0.15, 0.2) is 0 Å². The van der Waals surface area contributed by atoms with Gasteiger partial charge in [0.1, 0.15) is 6.61 Å². The molecule has 1 spiro atoms. The van der Waals surface area contributed by atoms with E-state index >= 15 is 0 Å². The molecule has 2 heterocycles.